The lowest BCUT2D eigenvalue weighted by atomic mass is 9.96. The maximum atomic E-state index is 10.7. The van der Waals surface area contributed by atoms with Crippen molar-refractivity contribution in [3.8, 4) is 0 Å². The standard InChI is InChI=1S/C10H18N4O2/c1-6(7(11)8(15)16)14-5-12-9(13-14)10(2,3)4/h5-7H,11H2,1-4H3,(H,15,16). The van der Waals surface area contributed by atoms with Crippen LogP contribution in [0.15, 0.2) is 6.33 Å². The Morgan fingerprint density at radius 3 is 2.50 bits per heavy atom. The Bertz CT molecular complexity index is 380. The normalized spacial score (nSPS) is 15.8. The van der Waals surface area contributed by atoms with E-state index in [1.807, 2.05) is 20.8 Å². The van der Waals surface area contributed by atoms with E-state index in [4.69, 9.17) is 10.8 Å². The average Bonchev–Trinajstić information content (AvgIpc) is 2.63. The number of hydrogen-bond donors (Lipinski definition) is 2. The highest BCUT2D eigenvalue weighted by atomic mass is 16.4. The Balaban J connectivity index is 2.90. The molecule has 1 rings (SSSR count). The molecule has 16 heavy (non-hydrogen) atoms. The smallest absolute Gasteiger partial charge is 0.322 e. The van der Waals surface area contributed by atoms with E-state index in [0.29, 0.717) is 5.82 Å². The van der Waals surface area contributed by atoms with Crippen molar-refractivity contribution < 1.29 is 9.90 Å². The number of carboxylic acids is 1. The molecule has 6 nitrogen and oxygen atoms in total. The molecule has 0 aliphatic rings. The van der Waals surface area contributed by atoms with Gasteiger partial charge in [0.2, 0.25) is 0 Å². The van der Waals surface area contributed by atoms with Crippen molar-refractivity contribution in [1.29, 1.82) is 0 Å². The molecule has 0 aromatic carbocycles. The highest BCUT2D eigenvalue weighted by molar-refractivity contribution is 5.73. The Kier molecular flexibility index (Phi) is 3.32. The van der Waals surface area contributed by atoms with E-state index < -0.39 is 18.1 Å². The Morgan fingerprint density at radius 1 is 1.56 bits per heavy atom. The molecule has 0 aliphatic heterocycles. The first kappa shape index (κ1) is 12.6. The second kappa shape index (κ2) is 4.21. The van der Waals surface area contributed by atoms with Gasteiger partial charge in [-0.3, -0.25) is 4.79 Å². The summed E-state index contributed by atoms with van der Waals surface area (Å²) < 4.78 is 1.50. The minimum Gasteiger partial charge on any atom is -0.480 e. The number of carboxylic acid groups (broad SMARTS) is 1. The molecule has 1 aromatic rings. The van der Waals surface area contributed by atoms with Crippen molar-refractivity contribution in [2.24, 2.45) is 5.73 Å². The Labute approximate surface area is 94.5 Å². The number of hydrogen-bond acceptors (Lipinski definition) is 4. The summed E-state index contributed by atoms with van der Waals surface area (Å²) >= 11 is 0. The first-order chi connectivity index (χ1) is 7.23. The van der Waals surface area contributed by atoms with Gasteiger partial charge in [0.15, 0.2) is 5.82 Å². The molecule has 6 heteroatoms. The van der Waals surface area contributed by atoms with E-state index >= 15 is 0 Å². The van der Waals surface area contributed by atoms with E-state index in [2.05, 4.69) is 10.1 Å². The van der Waals surface area contributed by atoms with Gasteiger partial charge in [-0.1, -0.05) is 20.8 Å². The van der Waals surface area contributed by atoms with E-state index in [-0.39, 0.29) is 5.41 Å². The molecule has 0 saturated heterocycles. The van der Waals surface area contributed by atoms with Crippen LogP contribution in [-0.2, 0) is 10.2 Å². The molecule has 2 unspecified atom stereocenters. The topological polar surface area (TPSA) is 94.0 Å². The second-order valence-corrected chi connectivity index (χ2v) is 4.90. The number of aliphatic carboxylic acids is 1. The molecule has 0 radical (unpaired) electrons. The van der Waals surface area contributed by atoms with Crippen LogP contribution in [0.25, 0.3) is 0 Å². The SMILES string of the molecule is CC(C(N)C(=O)O)n1cnc(C(C)(C)C)n1. The second-order valence-electron chi connectivity index (χ2n) is 4.90. The van der Waals surface area contributed by atoms with Gasteiger partial charge in [0.25, 0.3) is 0 Å². The lowest BCUT2D eigenvalue weighted by Crippen LogP contribution is -2.38. The van der Waals surface area contributed by atoms with E-state index in [0.717, 1.165) is 0 Å². The fourth-order valence-electron chi connectivity index (χ4n) is 1.19. The van der Waals surface area contributed by atoms with Gasteiger partial charge in [-0.15, -0.1) is 0 Å². The van der Waals surface area contributed by atoms with Crippen LogP contribution in [0.2, 0.25) is 0 Å². The predicted octanol–water partition coefficient (Wildman–Crippen LogP) is 0.548. The minimum absolute atomic E-state index is 0.154. The molecule has 0 spiro atoms. The molecule has 0 bridgehead atoms. The summed E-state index contributed by atoms with van der Waals surface area (Å²) in [5.41, 5.74) is 5.37. The third-order valence-electron chi connectivity index (χ3n) is 2.40. The summed E-state index contributed by atoms with van der Waals surface area (Å²) in [5, 5.41) is 13.0. The third-order valence-corrected chi connectivity index (χ3v) is 2.40. The van der Waals surface area contributed by atoms with Gasteiger partial charge in [-0.25, -0.2) is 9.67 Å². The van der Waals surface area contributed by atoms with Crippen LogP contribution in [0.3, 0.4) is 0 Å². The number of aromatic nitrogens is 3. The summed E-state index contributed by atoms with van der Waals surface area (Å²) in [6.07, 6.45) is 1.52. The number of nitrogens with zero attached hydrogens (tertiary/aromatic N) is 3. The molecule has 0 fully saturated rings. The summed E-state index contributed by atoms with van der Waals surface area (Å²) in [5.74, 6) is -0.364. The van der Waals surface area contributed by atoms with Crippen molar-refractivity contribution in [3.05, 3.63) is 12.2 Å². The van der Waals surface area contributed by atoms with Crippen LogP contribution in [0, 0.1) is 0 Å². The summed E-state index contributed by atoms with van der Waals surface area (Å²) in [6.45, 7) is 7.69. The minimum atomic E-state index is -1.04. The van der Waals surface area contributed by atoms with Gasteiger partial charge >= 0.3 is 5.97 Å². The molecule has 3 N–H and O–H groups in total. The number of nitrogens with two attached hydrogens (primary N) is 1. The van der Waals surface area contributed by atoms with Crippen LogP contribution in [-0.4, -0.2) is 31.9 Å². The van der Waals surface area contributed by atoms with Gasteiger partial charge in [0, 0.05) is 5.41 Å². The fourth-order valence-corrected chi connectivity index (χ4v) is 1.19. The zero-order valence-electron chi connectivity index (χ0n) is 10.0. The third kappa shape index (κ3) is 2.57. The van der Waals surface area contributed by atoms with Crippen molar-refractivity contribution in [2.75, 3.05) is 0 Å². The van der Waals surface area contributed by atoms with Gasteiger partial charge in [-0.2, -0.15) is 5.10 Å². The van der Waals surface area contributed by atoms with Crippen LogP contribution >= 0.6 is 0 Å². The maximum Gasteiger partial charge on any atom is 0.322 e. The average molecular weight is 226 g/mol. The quantitative estimate of drug-likeness (QED) is 0.784. The summed E-state index contributed by atoms with van der Waals surface area (Å²) in [7, 11) is 0. The maximum absolute atomic E-state index is 10.7. The summed E-state index contributed by atoms with van der Waals surface area (Å²) in [4.78, 5) is 14.9. The van der Waals surface area contributed by atoms with Crippen LogP contribution < -0.4 is 5.73 Å². The molecule has 90 valence electrons. The number of rotatable bonds is 3. The molecule has 0 amide bonds. The van der Waals surface area contributed by atoms with Gasteiger partial charge in [0.1, 0.15) is 12.4 Å². The van der Waals surface area contributed by atoms with E-state index in [1.54, 1.807) is 6.92 Å². The van der Waals surface area contributed by atoms with Crippen molar-refractivity contribution >= 4 is 5.97 Å². The fraction of sp³-hybridized carbons (Fsp3) is 0.700. The van der Waals surface area contributed by atoms with Crippen LogP contribution in [0.5, 0.6) is 0 Å². The van der Waals surface area contributed by atoms with E-state index in [1.165, 1.54) is 11.0 Å². The van der Waals surface area contributed by atoms with Gasteiger partial charge < -0.3 is 10.8 Å². The zero-order valence-corrected chi connectivity index (χ0v) is 10.0. The lowest BCUT2D eigenvalue weighted by Gasteiger charge is -2.16. The first-order valence-corrected chi connectivity index (χ1v) is 5.13. The molecule has 1 heterocycles. The largest absolute Gasteiger partial charge is 0.480 e. The highest BCUT2D eigenvalue weighted by Crippen LogP contribution is 2.18. The van der Waals surface area contributed by atoms with Crippen molar-refractivity contribution in [3.63, 3.8) is 0 Å². The monoisotopic (exact) mass is 226 g/mol. The Morgan fingerprint density at radius 2 is 2.12 bits per heavy atom. The molecule has 2 atom stereocenters. The molecule has 1 aromatic heterocycles. The molecular weight excluding hydrogens is 208 g/mol. The highest BCUT2D eigenvalue weighted by Gasteiger charge is 2.25. The van der Waals surface area contributed by atoms with Crippen LogP contribution in [0.1, 0.15) is 39.6 Å². The van der Waals surface area contributed by atoms with E-state index in [9.17, 15) is 4.79 Å². The molecule has 0 aliphatic carbocycles. The van der Waals surface area contributed by atoms with Crippen molar-refractivity contribution in [1.82, 2.24) is 14.8 Å². The van der Waals surface area contributed by atoms with Gasteiger partial charge in [-0.05, 0) is 6.92 Å². The lowest BCUT2D eigenvalue weighted by molar-refractivity contribution is -0.139. The predicted molar refractivity (Wildman–Crippen MR) is 59.0 cm³/mol. The van der Waals surface area contributed by atoms with Crippen LogP contribution in [0.4, 0.5) is 0 Å². The summed E-state index contributed by atoms with van der Waals surface area (Å²) in [6, 6.07) is -1.39. The first-order valence-electron chi connectivity index (χ1n) is 5.13. The van der Waals surface area contributed by atoms with Crippen molar-refractivity contribution in [2.45, 2.75) is 45.2 Å². The number of carbonyl (C=O) groups is 1. The molecular formula is C10H18N4O2. The molecule has 0 saturated carbocycles. The zero-order chi connectivity index (χ0) is 12.5. The van der Waals surface area contributed by atoms with Gasteiger partial charge in [0.05, 0.1) is 6.04 Å². The Hall–Kier alpha value is -1.43.